The fourth-order valence-corrected chi connectivity index (χ4v) is 5.73. The maximum absolute atomic E-state index is 12.5. The van der Waals surface area contributed by atoms with Crippen LogP contribution in [0.2, 0.25) is 4.34 Å². The van der Waals surface area contributed by atoms with Crippen molar-refractivity contribution in [3.8, 4) is 0 Å². The molecule has 6 nitrogen and oxygen atoms in total. The summed E-state index contributed by atoms with van der Waals surface area (Å²) in [4.78, 5) is 13.9. The monoisotopic (exact) mass is 393 g/mol. The van der Waals surface area contributed by atoms with Crippen LogP contribution in [-0.2, 0) is 14.8 Å². The molecule has 1 aromatic rings. The molecule has 0 unspecified atom stereocenters. The quantitative estimate of drug-likeness (QED) is 0.686. The lowest BCUT2D eigenvalue weighted by Gasteiger charge is -2.33. The number of hydrogen-bond donors (Lipinski definition) is 1. The fraction of sp³-hybridized carbons (Fsp3) is 0.667. The van der Waals surface area contributed by atoms with Gasteiger partial charge in [-0.1, -0.05) is 24.4 Å². The van der Waals surface area contributed by atoms with Crippen LogP contribution in [0.25, 0.3) is 0 Å². The van der Waals surface area contributed by atoms with Crippen LogP contribution in [0.1, 0.15) is 32.1 Å². The van der Waals surface area contributed by atoms with Gasteiger partial charge in [-0.25, -0.2) is 8.42 Å². The van der Waals surface area contributed by atoms with Gasteiger partial charge in [0.25, 0.3) is 10.0 Å². The smallest absolute Gasteiger partial charge is 0.252 e. The van der Waals surface area contributed by atoms with Crippen molar-refractivity contribution >= 4 is 38.9 Å². The highest BCUT2D eigenvalue weighted by molar-refractivity contribution is 7.91. The molecule has 2 N–H and O–H groups in total. The van der Waals surface area contributed by atoms with Gasteiger partial charge in [-0.2, -0.15) is 4.31 Å². The molecule has 1 aliphatic heterocycles. The van der Waals surface area contributed by atoms with E-state index in [1.54, 1.807) is 11.0 Å². The first kappa shape index (κ1) is 19.7. The standard InChI is InChI=1S/C15H24ClN3O3S2/c16-13-6-7-15(23-13)24(21,22)19-11-9-18(10-12-19)14(20)5-3-1-2-4-8-17/h6-7H,1-5,8-12,17H2. The molecule has 0 saturated carbocycles. The van der Waals surface area contributed by atoms with Crippen LogP contribution in [-0.4, -0.2) is 56.3 Å². The highest BCUT2D eigenvalue weighted by Crippen LogP contribution is 2.28. The Bertz CT molecular complexity index is 640. The minimum Gasteiger partial charge on any atom is -0.340 e. The third-order valence-electron chi connectivity index (χ3n) is 4.08. The number of carbonyl (C=O) groups is 1. The molecule has 136 valence electrons. The average Bonchev–Trinajstić information content (AvgIpc) is 3.02. The number of nitrogens with zero attached hydrogens (tertiary/aromatic N) is 2. The van der Waals surface area contributed by atoms with Crippen molar-refractivity contribution < 1.29 is 13.2 Å². The molecule has 1 aromatic heterocycles. The maximum Gasteiger partial charge on any atom is 0.252 e. The van der Waals surface area contributed by atoms with Gasteiger partial charge in [-0.05, 0) is 31.5 Å². The molecule has 2 rings (SSSR count). The van der Waals surface area contributed by atoms with E-state index in [1.807, 2.05) is 0 Å². The fourth-order valence-electron chi connectivity index (χ4n) is 2.67. The van der Waals surface area contributed by atoms with E-state index >= 15 is 0 Å². The van der Waals surface area contributed by atoms with E-state index in [4.69, 9.17) is 17.3 Å². The number of nitrogens with two attached hydrogens (primary N) is 1. The molecule has 0 bridgehead atoms. The molecular formula is C15H24ClN3O3S2. The lowest BCUT2D eigenvalue weighted by Crippen LogP contribution is -2.50. The third kappa shape index (κ3) is 5.16. The molecule has 0 aromatic carbocycles. The molecule has 0 spiro atoms. The number of sulfonamides is 1. The number of unbranched alkanes of at least 4 members (excludes halogenated alkanes) is 3. The molecule has 0 aliphatic carbocycles. The molecule has 9 heteroatoms. The van der Waals surface area contributed by atoms with Crippen molar-refractivity contribution in [3.05, 3.63) is 16.5 Å². The molecule has 1 amide bonds. The molecule has 1 saturated heterocycles. The topological polar surface area (TPSA) is 83.7 Å². The Balaban J connectivity index is 1.79. The van der Waals surface area contributed by atoms with E-state index in [2.05, 4.69) is 0 Å². The van der Waals surface area contributed by atoms with Gasteiger partial charge in [-0.3, -0.25) is 4.79 Å². The minimum atomic E-state index is -3.50. The maximum atomic E-state index is 12.5. The number of halogens is 1. The van der Waals surface area contributed by atoms with Gasteiger partial charge in [0.15, 0.2) is 0 Å². The number of amides is 1. The van der Waals surface area contributed by atoms with Crippen molar-refractivity contribution in [3.63, 3.8) is 0 Å². The van der Waals surface area contributed by atoms with Gasteiger partial charge in [0.05, 0.1) is 4.34 Å². The van der Waals surface area contributed by atoms with E-state index in [1.165, 1.54) is 10.4 Å². The molecule has 1 fully saturated rings. The second kappa shape index (κ2) is 9.15. The van der Waals surface area contributed by atoms with Crippen LogP contribution in [0, 0.1) is 0 Å². The third-order valence-corrected chi connectivity index (χ3v) is 7.68. The Morgan fingerprint density at radius 3 is 2.38 bits per heavy atom. The predicted octanol–water partition coefficient (Wildman–Crippen LogP) is 2.14. The van der Waals surface area contributed by atoms with Crippen LogP contribution in [0.5, 0.6) is 0 Å². The highest BCUT2D eigenvalue weighted by Gasteiger charge is 2.30. The van der Waals surface area contributed by atoms with Crippen LogP contribution in [0.15, 0.2) is 16.3 Å². The van der Waals surface area contributed by atoms with Gasteiger partial charge in [0, 0.05) is 32.6 Å². The minimum absolute atomic E-state index is 0.110. The summed E-state index contributed by atoms with van der Waals surface area (Å²) < 4.78 is 27.2. The van der Waals surface area contributed by atoms with Crippen molar-refractivity contribution in [2.24, 2.45) is 5.73 Å². The van der Waals surface area contributed by atoms with Crippen molar-refractivity contribution in [2.75, 3.05) is 32.7 Å². The van der Waals surface area contributed by atoms with Crippen molar-refractivity contribution in [2.45, 2.75) is 36.3 Å². The van der Waals surface area contributed by atoms with Gasteiger partial charge >= 0.3 is 0 Å². The largest absolute Gasteiger partial charge is 0.340 e. The van der Waals surface area contributed by atoms with Crippen molar-refractivity contribution in [1.29, 1.82) is 0 Å². The lowest BCUT2D eigenvalue weighted by atomic mass is 10.1. The molecule has 0 atom stereocenters. The van der Waals surface area contributed by atoms with Gasteiger partial charge < -0.3 is 10.6 Å². The Kier molecular flexibility index (Phi) is 7.49. The number of thiophene rings is 1. The van der Waals surface area contributed by atoms with E-state index in [0.29, 0.717) is 43.5 Å². The van der Waals surface area contributed by atoms with Crippen LogP contribution in [0.3, 0.4) is 0 Å². The summed E-state index contributed by atoms with van der Waals surface area (Å²) in [6.07, 6.45) is 4.45. The summed E-state index contributed by atoms with van der Waals surface area (Å²) in [6, 6.07) is 3.12. The van der Waals surface area contributed by atoms with Gasteiger partial charge in [0.2, 0.25) is 5.91 Å². The van der Waals surface area contributed by atoms with Crippen LogP contribution in [0.4, 0.5) is 0 Å². The van der Waals surface area contributed by atoms with E-state index < -0.39 is 10.0 Å². The summed E-state index contributed by atoms with van der Waals surface area (Å²) in [5, 5.41) is 0. The zero-order valence-corrected chi connectivity index (χ0v) is 16.0. The summed E-state index contributed by atoms with van der Waals surface area (Å²) in [7, 11) is -3.50. The zero-order chi connectivity index (χ0) is 17.6. The Morgan fingerprint density at radius 1 is 1.12 bits per heavy atom. The van der Waals surface area contributed by atoms with Crippen LogP contribution < -0.4 is 5.73 Å². The SMILES string of the molecule is NCCCCCCC(=O)N1CCN(S(=O)(=O)c2ccc(Cl)s2)CC1. The second-order valence-electron chi connectivity index (χ2n) is 5.80. The normalized spacial score (nSPS) is 16.5. The van der Waals surface area contributed by atoms with Crippen molar-refractivity contribution in [1.82, 2.24) is 9.21 Å². The number of hydrogen-bond acceptors (Lipinski definition) is 5. The molecular weight excluding hydrogens is 370 g/mol. The average molecular weight is 394 g/mol. The Labute approximate surface area is 152 Å². The zero-order valence-electron chi connectivity index (χ0n) is 13.6. The highest BCUT2D eigenvalue weighted by atomic mass is 35.5. The molecule has 0 radical (unpaired) electrons. The van der Waals surface area contributed by atoms with Gasteiger partial charge in [-0.15, -0.1) is 11.3 Å². The molecule has 24 heavy (non-hydrogen) atoms. The summed E-state index contributed by atoms with van der Waals surface area (Å²) in [5.41, 5.74) is 5.44. The number of carbonyl (C=O) groups excluding carboxylic acids is 1. The van der Waals surface area contributed by atoms with Crippen LogP contribution >= 0.6 is 22.9 Å². The van der Waals surface area contributed by atoms with E-state index in [9.17, 15) is 13.2 Å². The van der Waals surface area contributed by atoms with E-state index in [0.717, 1.165) is 37.0 Å². The molecule has 2 heterocycles. The Morgan fingerprint density at radius 2 is 1.79 bits per heavy atom. The first-order chi connectivity index (χ1) is 11.4. The molecule has 1 aliphatic rings. The summed E-state index contributed by atoms with van der Waals surface area (Å²) in [6.45, 7) is 2.24. The second-order valence-corrected chi connectivity index (χ2v) is 9.68. The number of rotatable bonds is 8. The first-order valence-electron chi connectivity index (χ1n) is 8.18. The first-order valence-corrected chi connectivity index (χ1v) is 10.8. The summed E-state index contributed by atoms with van der Waals surface area (Å²) in [5.74, 6) is 0.110. The van der Waals surface area contributed by atoms with E-state index in [-0.39, 0.29) is 10.1 Å². The predicted molar refractivity (Wildman–Crippen MR) is 96.8 cm³/mol. The Hall–Kier alpha value is -0.670. The van der Waals surface area contributed by atoms with Gasteiger partial charge in [0.1, 0.15) is 4.21 Å². The summed E-state index contributed by atoms with van der Waals surface area (Å²) >= 11 is 6.89. The lowest BCUT2D eigenvalue weighted by molar-refractivity contribution is -0.132. The number of piperazine rings is 1.